The zero-order chi connectivity index (χ0) is 20.3. The molecule has 0 saturated carbocycles. The van der Waals surface area contributed by atoms with E-state index in [0.717, 1.165) is 12.1 Å². The Morgan fingerprint density at radius 2 is 1.66 bits per heavy atom. The molecule has 0 radical (unpaired) electrons. The van der Waals surface area contributed by atoms with Crippen molar-refractivity contribution in [2.24, 2.45) is 0 Å². The van der Waals surface area contributed by atoms with Gasteiger partial charge in [-0.05, 0) is 36.6 Å². The van der Waals surface area contributed by atoms with Crippen LogP contribution in [-0.4, -0.2) is 35.4 Å². The number of hydrogen-bond donors (Lipinski definition) is 1. The average Bonchev–Trinajstić information content (AvgIpc) is 2.75. The molecular formula is C23H24N2O3S. The van der Waals surface area contributed by atoms with Crippen LogP contribution < -0.4 is 0 Å². The second kappa shape index (κ2) is 8.45. The summed E-state index contributed by atoms with van der Waals surface area (Å²) in [5.41, 5.74) is 2.40. The van der Waals surface area contributed by atoms with Gasteiger partial charge in [-0.1, -0.05) is 54.6 Å². The Labute approximate surface area is 171 Å². The quantitative estimate of drug-likeness (QED) is 0.679. The molecule has 3 aromatic rings. The highest BCUT2D eigenvalue weighted by Gasteiger charge is 2.43. The molecule has 0 aliphatic carbocycles. The molecule has 2 aromatic carbocycles. The fraction of sp³-hybridized carbons (Fsp3) is 0.261. The molecule has 5 nitrogen and oxygen atoms in total. The smallest absolute Gasteiger partial charge is 0.243 e. The highest BCUT2D eigenvalue weighted by molar-refractivity contribution is 7.89. The summed E-state index contributed by atoms with van der Waals surface area (Å²) in [5.74, 6) is 0. The molecule has 0 unspecified atom stereocenters. The summed E-state index contributed by atoms with van der Waals surface area (Å²) in [5, 5.41) is 11.1. The second-order valence-corrected chi connectivity index (χ2v) is 9.14. The van der Waals surface area contributed by atoms with Gasteiger partial charge in [-0.15, -0.1) is 0 Å². The van der Waals surface area contributed by atoms with E-state index in [4.69, 9.17) is 0 Å². The van der Waals surface area contributed by atoms with Crippen LogP contribution in [-0.2, 0) is 22.9 Å². The van der Waals surface area contributed by atoms with Crippen LogP contribution in [0.3, 0.4) is 0 Å². The van der Waals surface area contributed by atoms with Crippen molar-refractivity contribution in [3.05, 3.63) is 95.8 Å². The molecule has 0 amide bonds. The Morgan fingerprint density at radius 3 is 2.41 bits per heavy atom. The first-order valence-corrected chi connectivity index (χ1v) is 11.2. The molecule has 1 aliphatic heterocycles. The van der Waals surface area contributed by atoms with E-state index in [1.165, 1.54) is 9.87 Å². The number of aliphatic hydroxyl groups is 1. The minimum atomic E-state index is -3.69. The van der Waals surface area contributed by atoms with Crippen LogP contribution in [0.1, 0.15) is 29.3 Å². The number of benzene rings is 2. The predicted molar refractivity (Wildman–Crippen MR) is 112 cm³/mol. The van der Waals surface area contributed by atoms with Gasteiger partial charge in [-0.3, -0.25) is 4.98 Å². The normalized spacial score (nSPS) is 20.9. The third-order valence-electron chi connectivity index (χ3n) is 5.39. The van der Waals surface area contributed by atoms with Gasteiger partial charge in [0.2, 0.25) is 10.0 Å². The first-order chi connectivity index (χ1) is 14.1. The molecule has 0 spiro atoms. The molecule has 4 rings (SSSR count). The molecule has 1 N–H and O–H groups in total. The maximum absolute atomic E-state index is 13.4. The maximum atomic E-state index is 13.4. The Morgan fingerprint density at radius 1 is 0.931 bits per heavy atom. The van der Waals surface area contributed by atoms with Crippen LogP contribution in [0, 0.1) is 0 Å². The van der Waals surface area contributed by atoms with Gasteiger partial charge < -0.3 is 5.11 Å². The van der Waals surface area contributed by atoms with Crippen LogP contribution in [0.2, 0.25) is 0 Å². The predicted octanol–water partition coefficient (Wildman–Crippen LogP) is 3.36. The van der Waals surface area contributed by atoms with Gasteiger partial charge in [0.05, 0.1) is 17.0 Å². The number of aliphatic hydroxyl groups excluding tert-OH is 1. The number of aryl methyl sites for hydroxylation is 1. The summed E-state index contributed by atoms with van der Waals surface area (Å²) in [6.45, 7) is 0.347. The Balaban J connectivity index is 1.64. The van der Waals surface area contributed by atoms with E-state index in [1.807, 2.05) is 48.5 Å². The van der Waals surface area contributed by atoms with E-state index in [2.05, 4.69) is 4.98 Å². The third kappa shape index (κ3) is 4.10. The van der Waals surface area contributed by atoms with Gasteiger partial charge in [-0.2, -0.15) is 4.31 Å². The molecule has 2 atom stereocenters. The number of aromatic nitrogens is 1. The largest absolute Gasteiger partial charge is 0.387 e. The SMILES string of the molecule is O=S1(=O)c2ccccc2[C@@H](O)[C@H](Cc2ccccn2)N1CCCc1ccccc1. The monoisotopic (exact) mass is 408 g/mol. The molecule has 0 bridgehead atoms. The topological polar surface area (TPSA) is 70.5 Å². The van der Waals surface area contributed by atoms with Crippen molar-refractivity contribution in [2.45, 2.75) is 36.3 Å². The standard InChI is InChI=1S/C23H24N2O3S/c26-23-20-13-4-5-14-22(20)29(27,28)25(16-8-11-18-9-2-1-3-10-18)21(23)17-19-12-6-7-15-24-19/h1-7,9-10,12-15,21,23,26H,8,11,16-17H2/t21-,23+/m0/s1. The minimum Gasteiger partial charge on any atom is -0.387 e. The fourth-order valence-electron chi connectivity index (χ4n) is 3.95. The van der Waals surface area contributed by atoms with Crippen LogP contribution in [0.15, 0.2) is 83.9 Å². The van der Waals surface area contributed by atoms with Crippen LogP contribution in [0.5, 0.6) is 0 Å². The molecule has 1 aromatic heterocycles. The number of rotatable bonds is 6. The van der Waals surface area contributed by atoms with Crippen molar-refractivity contribution < 1.29 is 13.5 Å². The number of hydrogen-bond acceptors (Lipinski definition) is 4. The Bertz CT molecular complexity index is 1060. The Kier molecular flexibility index (Phi) is 5.76. The molecular weight excluding hydrogens is 384 g/mol. The summed E-state index contributed by atoms with van der Waals surface area (Å²) in [7, 11) is -3.69. The van der Waals surface area contributed by atoms with Crippen LogP contribution in [0.4, 0.5) is 0 Å². The Hall–Kier alpha value is -2.54. The van der Waals surface area contributed by atoms with E-state index >= 15 is 0 Å². The van der Waals surface area contributed by atoms with Crippen LogP contribution >= 0.6 is 0 Å². The van der Waals surface area contributed by atoms with Gasteiger partial charge in [0.15, 0.2) is 0 Å². The highest BCUT2D eigenvalue weighted by Crippen LogP contribution is 2.38. The van der Waals surface area contributed by atoms with Gasteiger partial charge in [-0.25, -0.2) is 8.42 Å². The number of pyridine rings is 1. The van der Waals surface area contributed by atoms with Gasteiger partial charge in [0, 0.05) is 30.4 Å². The first kappa shape index (κ1) is 19.8. The van der Waals surface area contributed by atoms with E-state index in [9.17, 15) is 13.5 Å². The molecule has 2 heterocycles. The van der Waals surface area contributed by atoms with E-state index in [1.54, 1.807) is 30.5 Å². The third-order valence-corrected chi connectivity index (χ3v) is 7.39. The summed E-state index contributed by atoms with van der Waals surface area (Å²) in [4.78, 5) is 4.54. The molecule has 1 aliphatic rings. The number of sulfonamides is 1. The van der Waals surface area contributed by atoms with Gasteiger partial charge in [0.1, 0.15) is 0 Å². The van der Waals surface area contributed by atoms with Crippen molar-refractivity contribution >= 4 is 10.0 Å². The fourth-order valence-corrected chi connectivity index (χ4v) is 5.85. The van der Waals surface area contributed by atoms with Crippen molar-refractivity contribution in [3.63, 3.8) is 0 Å². The van der Waals surface area contributed by atoms with Gasteiger partial charge >= 0.3 is 0 Å². The van der Waals surface area contributed by atoms with Crippen molar-refractivity contribution in [2.75, 3.05) is 6.54 Å². The zero-order valence-corrected chi connectivity index (χ0v) is 16.9. The minimum absolute atomic E-state index is 0.199. The number of nitrogens with zero attached hydrogens (tertiary/aromatic N) is 2. The molecule has 0 fully saturated rings. The molecule has 150 valence electrons. The van der Waals surface area contributed by atoms with Crippen LogP contribution in [0.25, 0.3) is 0 Å². The van der Waals surface area contributed by atoms with Crippen molar-refractivity contribution in [3.8, 4) is 0 Å². The lowest BCUT2D eigenvalue weighted by molar-refractivity contribution is 0.0787. The molecule has 29 heavy (non-hydrogen) atoms. The summed E-state index contributed by atoms with van der Waals surface area (Å²) >= 11 is 0. The lowest BCUT2D eigenvalue weighted by Gasteiger charge is -2.39. The van der Waals surface area contributed by atoms with Gasteiger partial charge in [0.25, 0.3) is 0 Å². The maximum Gasteiger partial charge on any atom is 0.243 e. The van der Waals surface area contributed by atoms with E-state index in [0.29, 0.717) is 24.9 Å². The summed E-state index contributed by atoms with van der Waals surface area (Å²) < 4.78 is 28.2. The van der Waals surface area contributed by atoms with E-state index in [-0.39, 0.29) is 4.90 Å². The first-order valence-electron chi connectivity index (χ1n) is 9.80. The lowest BCUT2D eigenvalue weighted by Crippen LogP contribution is -2.49. The highest BCUT2D eigenvalue weighted by atomic mass is 32.2. The van der Waals surface area contributed by atoms with E-state index < -0.39 is 22.2 Å². The summed E-state index contributed by atoms with van der Waals surface area (Å²) in [6.07, 6.45) is 2.61. The molecule has 6 heteroatoms. The lowest BCUT2D eigenvalue weighted by atomic mass is 9.97. The molecule has 0 saturated heterocycles. The van der Waals surface area contributed by atoms with Crippen molar-refractivity contribution in [1.29, 1.82) is 0 Å². The summed E-state index contributed by atoms with van der Waals surface area (Å²) in [6, 6.07) is 21.7. The van der Waals surface area contributed by atoms with Crippen molar-refractivity contribution in [1.82, 2.24) is 9.29 Å². The zero-order valence-electron chi connectivity index (χ0n) is 16.1. The average molecular weight is 409 g/mol. The number of fused-ring (bicyclic) bond motifs is 1. The second-order valence-electron chi connectivity index (χ2n) is 7.28.